The van der Waals surface area contributed by atoms with E-state index < -0.39 is 0 Å². The number of nitrogens with two attached hydrogens (primary N) is 1. The zero-order chi connectivity index (χ0) is 14.8. The maximum Gasteiger partial charge on any atom is 0.107 e. The van der Waals surface area contributed by atoms with Crippen molar-refractivity contribution in [2.75, 3.05) is 37.3 Å². The molecule has 0 amide bonds. The SMILES string of the molecule is CSc1cccc(N2CCN3CCCCC3C2)c1C(N)=S. The number of benzene rings is 1. The van der Waals surface area contributed by atoms with Crippen molar-refractivity contribution >= 4 is 34.7 Å². The van der Waals surface area contributed by atoms with E-state index in [1.165, 1.54) is 36.4 Å². The molecular formula is C16H23N3S2. The van der Waals surface area contributed by atoms with Gasteiger partial charge in [0.2, 0.25) is 0 Å². The van der Waals surface area contributed by atoms with Crippen molar-refractivity contribution in [3.63, 3.8) is 0 Å². The quantitative estimate of drug-likeness (QED) is 0.684. The number of hydrogen-bond donors (Lipinski definition) is 1. The van der Waals surface area contributed by atoms with Gasteiger partial charge in [0.05, 0.1) is 0 Å². The van der Waals surface area contributed by atoms with E-state index in [0.29, 0.717) is 11.0 Å². The summed E-state index contributed by atoms with van der Waals surface area (Å²) >= 11 is 7.04. The number of piperidine rings is 1. The predicted molar refractivity (Wildman–Crippen MR) is 95.5 cm³/mol. The minimum absolute atomic E-state index is 0.515. The lowest BCUT2D eigenvalue weighted by Crippen LogP contribution is -2.55. The lowest BCUT2D eigenvalue weighted by molar-refractivity contribution is 0.133. The Bertz CT molecular complexity index is 532. The van der Waals surface area contributed by atoms with E-state index in [1.807, 2.05) is 0 Å². The smallest absolute Gasteiger partial charge is 0.107 e. The molecule has 21 heavy (non-hydrogen) atoms. The molecule has 2 aliphatic heterocycles. The molecule has 114 valence electrons. The molecule has 2 N–H and O–H groups in total. The molecule has 2 heterocycles. The van der Waals surface area contributed by atoms with Gasteiger partial charge in [0.1, 0.15) is 4.99 Å². The van der Waals surface area contributed by atoms with Gasteiger partial charge < -0.3 is 10.6 Å². The number of thioether (sulfide) groups is 1. The number of hydrogen-bond acceptors (Lipinski definition) is 4. The summed E-state index contributed by atoms with van der Waals surface area (Å²) in [6.07, 6.45) is 6.12. The lowest BCUT2D eigenvalue weighted by atomic mass is 9.98. The Kier molecular flexibility index (Phi) is 4.72. The monoisotopic (exact) mass is 321 g/mol. The van der Waals surface area contributed by atoms with Gasteiger partial charge >= 0.3 is 0 Å². The molecular weight excluding hydrogens is 298 g/mol. The summed E-state index contributed by atoms with van der Waals surface area (Å²) in [6, 6.07) is 7.10. The van der Waals surface area contributed by atoms with Crippen molar-refractivity contribution in [3.8, 4) is 0 Å². The van der Waals surface area contributed by atoms with Crippen molar-refractivity contribution in [1.82, 2.24) is 4.90 Å². The van der Waals surface area contributed by atoms with Gasteiger partial charge in [-0.25, -0.2) is 0 Å². The second kappa shape index (κ2) is 6.55. The first-order chi connectivity index (χ1) is 10.2. The lowest BCUT2D eigenvalue weighted by Gasteiger charge is -2.45. The van der Waals surface area contributed by atoms with Gasteiger partial charge in [0, 0.05) is 41.8 Å². The van der Waals surface area contributed by atoms with Crippen LogP contribution in [0.1, 0.15) is 24.8 Å². The van der Waals surface area contributed by atoms with E-state index in [4.69, 9.17) is 18.0 Å². The summed E-state index contributed by atoms with van der Waals surface area (Å²) in [7, 11) is 0. The van der Waals surface area contributed by atoms with E-state index in [1.54, 1.807) is 11.8 Å². The van der Waals surface area contributed by atoms with Crippen LogP contribution in [0.15, 0.2) is 23.1 Å². The van der Waals surface area contributed by atoms with Crippen molar-refractivity contribution < 1.29 is 0 Å². The Hall–Kier alpha value is -0.780. The average Bonchev–Trinajstić information content (AvgIpc) is 2.53. The molecule has 0 saturated carbocycles. The maximum atomic E-state index is 6.01. The van der Waals surface area contributed by atoms with Crippen LogP contribution in [0, 0.1) is 0 Å². The Morgan fingerprint density at radius 1 is 1.29 bits per heavy atom. The van der Waals surface area contributed by atoms with Gasteiger partial charge in [0.25, 0.3) is 0 Å². The number of anilines is 1. The van der Waals surface area contributed by atoms with E-state index in [0.717, 1.165) is 25.2 Å². The third-order valence-corrected chi connectivity index (χ3v) is 5.63. The summed E-state index contributed by atoms with van der Waals surface area (Å²) in [5.74, 6) is 0. The highest BCUT2D eigenvalue weighted by atomic mass is 32.2. The molecule has 0 aromatic heterocycles. The number of nitrogens with zero attached hydrogens (tertiary/aromatic N) is 2. The minimum Gasteiger partial charge on any atom is -0.389 e. The van der Waals surface area contributed by atoms with Crippen LogP contribution in [0.4, 0.5) is 5.69 Å². The number of piperazine rings is 1. The van der Waals surface area contributed by atoms with Crippen LogP contribution in [0.2, 0.25) is 0 Å². The summed E-state index contributed by atoms with van der Waals surface area (Å²) in [6.45, 7) is 4.61. The first-order valence-electron chi connectivity index (χ1n) is 7.66. The van der Waals surface area contributed by atoms with Crippen LogP contribution < -0.4 is 10.6 Å². The first kappa shape index (κ1) is 15.1. The molecule has 3 nitrogen and oxygen atoms in total. The molecule has 1 aromatic rings. The zero-order valence-corrected chi connectivity index (χ0v) is 14.2. The van der Waals surface area contributed by atoms with Crippen LogP contribution in [0.25, 0.3) is 0 Å². The normalized spacial score (nSPS) is 22.9. The Balaban J connectivity index is 1.88. The van der Waals surface area contributed by atoms with Crippen molar-refractivity contribution in [3.05, 3.63) is 23.8 Å². The predicted octanol–water partition coefficient (Wildman–Crippen LogP) is 2.72. The second-order valence-corrected chi connectivity index (χ2v) is 7.14. The molecule has 1 unspecified atom stereocenters. The second-order valence-electron chi connectivity index (χ2n) is 5.85. The standard InChI is InChI=1S/C16H23N3S2/c1-21-14-7-4-6-13(15(14)16(17)20)19-10-9-18-8-3-2-5-12(18)11-19/h4,6-7,12H,2-3,5,8-11H2,1H3,(H2,17,20). The molecule has 2 saturated heterocycles. The van der Waals surface area contributed by atoms with Crippen molar-refractivity contribution in [2.24, 2.45) is 5.73 Å². The van der Waals surface area contributed by atoms with Crippen LogP contribution in [-0.2, 0) is 0 Å². The first-order valence-corrected chi connectivity index (χ1v) is 9.30. The molecule has 2 fully saturated rings. The van der Waals surface area contributed by atoms with E-state index in [2.05, 4.69) is 34.3 Å². The third kappa shape index (κ3) is 3.05. The van der Waals surface area contributed by atoms with E-state index in [9.17, 15) is 0 Å². The van der Waals surface area contributed by atoms with Gasteiger partial charge in [0.15, 0.2) is 0 Å². The molecule has 1 atom stereocenters. The average molecular weight is 322 g/mol. The van der Waals surface area contributed by atoms with Gasteiger partial charge in [-0.05, 0) is 37.8 Å². The highest BCUT2D eigenvalue weighted by Crippen LogP contribution is 2.32. The molecule has 0 aliphatic carbocycles. The maximum absolute atomic E-state index is 6.01. The third-order valence-electron chi connectivity index (χ3n) is 4.65. The van der Waals surface area contributed by atoms with Crippen LogP contribution in [0.3, 0.4) is 0 Å². The van der Waals surface area contributed by atoms with Crippen molar-refractivity contribution in [2.45, 2.75) is 30.2 Å². The van der Waals surface area contributed by atoms with Crippen molar-refractivity contribution in [1.29, 1.82) is 0 Å². The largest absolute Gasteiger partial charge is 0.389 e. The number of rotatable bonds is 3. The molecule has 1 aromatic carbocycles. The Morgan fingerprint density at radius 3 is 2.90 bits per heavy atom. The van der Waals surface area contributed by atoms with Gasteiger partial charge in [-0.15, -0.1) is 11.8 Å². The summed E-state index contributed by atoms with van der Waals surface area (Å²) in [5.41, 5.74) is 8.29. The number of fused-ring (bicyclic) bond motifs is 1. The summed E-state index contributed by atoms with van der Waals surface area (Å²) in [5, 5.41) is 0. The van der Waals surface area contributed by atoms with Gasteiger partial charge in [-0.1, -0.05) is 24.7 Å². The Morgan fingerprint density at radius 2 is 2.14 bits per heavy atom. The fourth-order valence-corrected chi connectivity index (χ4v) is 4.49. The minimum atomic E-state index is 0.515. The van der Waals surface area contributed by atoms with Crippen LogP contribution >= 0.6 is 24.0 Å². The molecule has 5 heteroatoms. The zero-order valence-electron chi connectivity index (χ0n) is 12.5. The van der Waals surface area contributed by atoms with Gasteiger partial charge in [-0.2, -0.15) is 0 Å². The van der Waals surface area contributed by atoms with E-state index >= 15 is 0 Å². The Labute approximate surface area is 136 Å². The fraction of sp³-hybridized carbons (Fsp3) is 0.562. The highest BCUT2D eigenvalue weighted by molar-refractivity contribution is 7.98. The van der Waals surface area contributed by atoms with Gasteiger partial charge in [-0.3, -0.25) is 4.90 Å². The number of thiocarbonyl (C=S) groups is 1. The summed E-state index contributed by atoms with van der Waals surface area (Å²) in [4.78, 5) is 6.84. The van der Waals surface area contributed by atoms with Crippen LogP contribution in [0.5, 0.6) is 0 Å². The molecule has 0 radical (unpaired) electrons. The van der Waals surface area contributed by atoms with E-state index in [-0.39, 0.29) is 0 Å². The fourth-order valence-electron chi connectivity index (χ4n) is 3.58. The van der Waals surface area contributed by atoms with Crippen LogP contribution in [-0.4, -0.2) is 48.4 Å². The molecule has 3 rings (SSSR count). The topological polar surface area (TPSA) is 32.5 Å². The molecule has 2 aliphatic rings. The molecule has 0 bridgehead atoms. The highest BCUT2D eigenvalue weighted by Gasteiger charge is 2.30. The summed E-state index contributed by atoms with van der Waals surface area (Å²) < 4.78 is 0. The molecule has 0 spiro atoms.